The van der Waals surface area contributed by atoms with Crippen LogP contribution in [0.4, 0.5) is 5.82 Å². The molecule has 0 spiro atoms. The van der Waals surface area contributed by atoms with E-state index in [1.54, 1.807) is 0 Å². The standard InChI is InChI=1S/C16H20N2O2/c1-3-17-16-11-7-8-13(18-16)12-20-15-10-6-5-9-14(15)19-4-2/h5-11H,3-4,12H2,1-2H3,(H,17,18). The van der Waals surface area contributed by atoms with E-state index in [0.29, 0.717) is 13.2 Å². The largest absolute Gasteiger partial charge is 0.490 e. The van der Waals surface area contributed by atoms with Crippen molar-refractivity contribution >= 4 is 5.82 Å². The zero-order chi connectivity index (χ0) is 14.2. The average molecular weight is 272 g/mol. The van der Waals surface area contributed by atoms with Gasteiger partial charge in [0.05, 0.1) is 12.3 Å². The van der Waals surface area contributed by atoms with E-state index in [-0.39, 0.29) is 0 Å². The van der Waals surface area contributed by atoms with Crippen molar-refractivity contribution in [1.29, 1.82) is 0 Å². The average Bonchev–Trinajstić information content (AvgIpc) is 2.47. The summed E-state index contributed by atoms with van der Waals surface area (Å²) in [5.41, 5.74) is 0.884. The van der Waals surface area contributed by atoms with Crippen LogP contribution in [-0.2, 0) is 6.61 Å². The summed E-state index contributed by atoms with van der Waals surface area (Å²) in [7, 11) is 0. The van der Waals surface area contributed by atoms with Gasteiger partial charge in [-0.15, -0.1) is 0 Å². The summed E-state index contributed by atoms with van der Waals surface area (Å²) in [5.74, 6) is 2.37. The van der Waals surface area contributed by atoms with Crippen molar-refractivity contribution in [1.82, 2.24) is 4.98 Å². The van der Waals surface area contributed by atoms with Gasteiger partial charge >= 0.3 is 0 Å². The molecule has 0 bridgehead atoms. The van der Waals surface area contributed by atoms with Crippen molar-refractivity contribution in [2.45, 2.75) is 20.5 Å². The summed E-state index contributed by atoms with van der Waals surface area (Å²) >= 11 is 0. The summed E-state index contributed by atoms with van der Waals surface area (Å²) in [5, 5.41) is 3.19. The number of hydrogen-bond acceptors (Lipinski definition) is 4. The quantitative estimate of drug-likeness (QED) is 0.838. The lowest BCUT2D eigenvalue weighted by Gasteiger charge is -2.11. The molecule has 0 aliphatic heterocycles. The van der Waals surface area contributed by atoms with Crippen LogP contribution in [-0.4, -0.2) is 18.1 Å². The van der Waals surface area contributed by atoms with Crippen LogP contribution in [0.3, 0.4) is 0 Å². The fraction of sp³-hybridized carbons (Fsp3) is 0.312. The Hall–Kier alpha value is -2.23. The molecular formula is C16H20N2O2. The van der Waals surface area contributed by atoms with Crippen molar-refractivity contribution < 1.29 is 9.47 Å². The molecule has 1 aromatic heterocycles. The van der Waals surface area contributed by atoms with Gasteiger partial charge in [-0.1, -0.05) is 18.2 Å². The first-order chi connectivity index (χ1) is 9.83. The maximum Gasteiger partial charge on any atom is 0.161 e. The molecule has 4 heteroatoms. The van der Waals surface area contributed by atoms with Gasteiger partial charge in [-0.25, -0.2) is 4.98 Å². The molecule has 0 unspecified atom stereocenters. The number of rotatable bonds is 7. The SMILES string of the molecule is CCNc1cccc(COc2ccccc2OCC)n1. The van der Waals surface area contributed by atoms with Crippen LogP contribution in [0.2, 0.25) is 0 Å². The Labute approximate surface area is 119 Å². The zero-order valence-electron chi connectivity index (χ0n) is 11.9. The monoisotopic (exact) mass is 272 g/mol. The first-order valence-corrected chi connectivity index (χ1v) is 6.88. The summed E-state index contributed by atoms with van der Waals surface area (Å²) in [4.78, 5) is 4.48. The highest BCUT2D eigenvalue weighted by atomic mass is 16.5. The minimum absolute atomic E-state index is 0.420. The molecule has 0 radical (unpaired) electrons. The van der Waals surface area contributed by atoms with Crippen LogP contribution in [0.15, 0.2) is 42.5 Å². The fourth-order valence-electron chi connectivity index (χ4n) is 1.84. The molecule has 0 atom stereocenters. The second kappa shape index (κ2) is 7.38. The normalized spacial score (nSPS) is 10.1. The smallest absolute Gasteiger partial charge is 0.161 e. The van der Waals surface area contributed by atoms with Gasteiger partial charge in [0, 0.05) is 6.54 Å². The topological polar surface area (TPSA) is 43.4 Å². The molecule has 0 amide bonds. The summed E-state index contributed by atoms with van der Waals surface area (Å²) < 4.78 is 11.3. The van der Waals surface area contributed by atoms with Gasteiger partial charge < -0.3 is 14.8 Å². The van der Waals surface area contributed by atoms with Gasteiger partial charge in [0.2, 0.25) is 0 Å². The number of hydrogen-bond donors (Lipinski definition) is 1. The van der Waals surface area contributed by atoms with Gasteiger partial charge in [-0.3, -0.25) is 0 Å². The number of aromatic nitrogens is 1. The molecule has 0 saturated heterocycles. The van der Waals surface area contributed by atoms with Crippen LogP contribution in [0.1, 0.15) is 19.5 Å². The Morgan fingerprint density at radius 1 is 0.950 bits per heavy atom. The summed E-state index contributed by atoms with van der Waals surface area (Å²) in [6.45, 7) is 5.89. The highest BCUT2D eigenvalue weighted by molar-refractivity contribution is 5.40. The molecule has 0 fully saturated rings. The van der Waals surface area contributed by atoms with E-state index in [0.717, 1.165) is 29.6 Å². The Balaban J connectivity index is 2.03. The lowest BCUT2D eigenvalue weighted by Crippen LogP contribution is -2.04. The number of ether oxygens (including phenoxy) is 2. The van der Waals surface area contributed by atoms with E-state index in [4.69, 9.17) is 9.47 Å². The summed E-state index contributed by atoms with van der Waals surface area (Å²) in [6, 6.07) is 13.5. The molecule has 1 aromatic carbocycles. The van der Waals surface area contributed by atoms with Gasteiger partial charge in [0.1, 0.15) is 12.4 Å². The first kappa shape index (κ1) is 14.2. The van der Waals surface area contributed by atoms with E-state index in [1.165, 1.54) is 0 Å². The molecule has 4 nitrogen and oxygen atoms in total. The van der Waals surface area contributed by atoms with E-state index in [9.17, 15) is 0 Å². The van der Waals surface area contributed by atoms with Gasteiger partial charge in [-0.05, 0) is 38.1 Å². The predicted octanol–water partition coefficient (Wildman–Crippen LogP) is 3.49. The number of para-hydroxylation sites is 2. The van der Waals surface area contributed by atoms with Crippen LogP contribution >= 0.6 is 0 Å². The first-order valence-electron chi connectivity index (χ1n) is 6.88. The molecule has 1 heterocycles. The number of pyridine rings is 1. The predicted molar refractivity (Wildman–Crippen MR) is 80.3 cm³/mol. The number of nitrogens with one attached hydrogen (secondary N) is 1. The van der Waals surface area contributed by atoms with Gasteiger partial charge in [-0.2, -0.15) is 0 Å². The lowest BCUT2D eigenvalue weighted by atomic mass is 10.3. The Morgan fingerprint density at radius 2 is 1.70 bits per heavy atom. The minimum Gasteiger partial charge on any atom is -0.490 e. The van der Waals surface area contributed by atoms with E-state index in [1.807, 2.05) is 56.3 Å². The third-order valence-corrected chi connectivity index (χ3v) is 2.69. The van der Waals surface area contributed by atoms with Gasteiger partial charge in [0.25, 0.3) is 0 Å². The maximum absolute atomic E-state index is 5.79. The maximum atomic E-state index is 5.79. The third kappa shape index (κ3) is 3.88. The third-order valence-electron chi connectivity index (χ3n) is 2.69. The number of anilines is 1. The van der Waals surface area contributed by atoms with Gasteiger partial charge in [0.15, 0.2) is 11.5 Å². The van der Waals surface area contributed by atoms with Crippen molar-refractivity contribution in [2.75, 3.05) is 18.5 Å². The zero-order valence-corrected chi connectivity index (χ0v) is 11.9. The van der Waals surface area contributed by atoms with E-state index < -0.39 is 0 Å². The molecule has 106 valence electrons. The molecule has 0 saturated carbocycles. The fourth-order valence-corrected chi connectivity index (χ4v) is 1.84. The number of nitrogens with zero attached hydrogens (tertiary/aromatic N) is 1. The molecule has 2 aromatic rings. The Morgan fingerprint density at radius 3 is 2.40 bits per heavy atom. The molecule has 0 aliphatic rings. The minimum atomic E-state index is 0.420. The summed E-state index contributed by atoms with van der Waals surface area (Å²) in [6.07, 6.45) is 0. The molecular weight excluding hydrogens is 252 g/mol. The van der Waals surface area contributed by atoms with Crippen LogP contribution in [0.25, 0.3) is 0 Å². The van der Waals surface area contributed by atoms with Crippen molar-refractivity contribution in [3.05, 3.63) is 48.2 Å². The second-order valence-electron chi connectivity index (χ2n) is 4.21. The molecule has 20 heavy (non-hydrogen) atoms. The molecule has 2 rings (SSSR count). The lowest BCUT2D eigenvalue weighted by molar-refractivity contribution is 0.266. The second-order valence-corrected chi connectivity index (χ2v) is 4.21. The van der Waals surface area contributed by atoms with E-state index in [2.05, 4.69) is 10.3 Å². The van der Waals surface area contributed by atoms with Crippen molar-refractivity contribution in [2.24, 2.45) is 0 Å². The Bertz CT molecular complexity index is 544. The molecule has 0 aliphatic carbocycles. The van der Waals surface area contributed by atoms with E-state index >= 15 is 0 Å². The molecule has 1 N–H and O–H groups in total. The van der Waals surface area contributed by atoms with Crippen molar-refractivity contribution in [3.63, 3.8) is 0 Å². The highest BCUT2D eigenvalue weighted by Gasteiger charge is 2.04. The van der Waals surface area contributed by atoms with Crippen LogP contribution in [0.5, 0.6) is 11.5 Å². The number of benzene rings is 1. The van der Waals surface area contributed by atoms with Crippen LogP contribution < -0.4 is 14.8 Å². The highest BCUT2D eigenvalue weighted by Crippen LogP contribution is 2.27. The van der Waals surface area contributed by atoms with Crippen LogP contribution in [0, 0.1) is 0 Å². The Kier molecular flexibility index (Phi) is 5.24. The van der Waals surface area contributed by atoms with Crippen molar-refractivity contribution in [3.8, 4) is 11.5 Å².